The van der Waals surface area contributed by atoms with Gasteiger partial charge in [-0.05, 0) is 11.1 Å². The molecule has 116 valence electrons. The molecule has 0 saturated carbocycles. The number of nitrogens with zero attached hydrogens (tertiary/aromatic N) is 2. The molecule has 3 nitrogen and oxygen atoms in total. The van der Waals surface area contributed by atoms with Gasteiger partial charge in [-0.3, -0.25) is 0 Å². The van der Waals surface area contributed by atoms with Gasteiger partial charge in [0.2, 0.25) is 5.13 Å². The van der Waals surface area contributed by atoms with Gasteiger partial charge in [0.15, 0.2) is 4.34 Å². The zero-order valence-corrected chi connectivity index (χ0v) is 14.2. The highest BCUT2D eigenvalue weighted by Crippen LogP contribution is 2.41. The summed E-state index contributed by atoms with van der Waals surface area (Å²) >= 11 is 3.30. The van der Waals surface area contributed by atoms with Crippen LogP contribution in [0.15, 0.2) is 77.7 Å². The Kier molecular flexibility index (Phi) is 5.45. The topological polar surface area (TPSA) is 37.8 Å². The van der Waals surface area contributed by atoms with Crippen LogP contribution in [0, 0.1) is 0 Å². The van der Waals surface area contributed by atoms with E-state index in [0.29, 0.717) is 6.54 Å². The smallest absolute Gasteiger partial charge is 0.206 e. The molecule has 1 aromatic heterocycles. The third-order valence-corrected chi connectivity index (χ3v) is 5.50. The summed E-state index contributed by atoms with van der Waals surface area (Å²) in [7, 11) is 0. The molecule has 0 fully saturated rings. The first-order valence-electron chi connectivity index (χ1n) is 7.31. The number of thioether (sulfide) groups is 1. The maximum atomic E-state index is 4.29. The third-order valence-electron chi connectivity index (χ3n) is 3.23. The van der Waals surface area contributed by atoms with E-state index in [0.717, 1.165) is 9.47 Å². The van der Waals surface area contributed by atoms with Crippen LogP contribution in [0.1, 0.15) is 16.4 Å². The minimum absolute atomic E-state index is 0.206. The summed E-state index contributed by atoms with van der Waals surface area (Å²) in [6.07, 6.45) is 1.81. The Bertz CT molecular complexity index is 702. The summed E-state index contributed by atoms with van der Waals surface area (Å²) in [4.78, 5) is 0. The standard InChI is InChI=1S/C18H17N3S2/c1-2-13-19-17-20-21-18(23-17)22-16(14-9-5-3-6-10-14)15-11-7-4-8-12-15/h2-12,16H,1,13H2,(H,19,20). The van der Waals surface area contributed by atoms with Crippen molar-refractivity contribution < 1.29 is 0 Å². The maximum Gasteiger partial charge on any atom is 0.206 e. The Morgan fingerprint density at radius 1 is 1.00 bits per heavy atom. The second-order valence-corrected chi connectivity index (χ2v) is 7.19. The van der Waals surface area contributed by atoms with E-state index in [1.165, 1.54) is 11.1 Å². The molecule has 5 heteroatoms. The quantitative estimate of drug-likeness (QED) is 0.484. The molecule has 3 aromatic rings. The fourth-order valence-electron chi connectivity index (χ4n) is 2.17. The minimum atomic E-state index is 0.206. The van der Waals surface area contributed by atoms with Crippen molar-refractivity contribution in [2.75, 3.05) is 11.9 Å². The van der Waals surface area contributed by atoms with Gasteiger partial charge in [0.05, 0.1) is 5.25 Å². The molecule has 0 aliphatic carbocycles. The van der Waals surface area contributed by atoms with Crippen LogP contribution in [0.4, 0.5) is 5.13 Å². The molecule has 0 aliphatic heterocycles. The van der Waals surface area contributed by atoms with E-state index in [1.54, 1.807) is 23.1 Å². The molecule has 1 heterocycles. The summed E-state index contributed by atoms with van der Waals surface area (Å²) in [6, 6.07) is 21.0. The lowest BCUT2D eigenvalue weighted by atomic mass is 10.0. The molecule has 0 aliphatic rings. The Balaban J connectivity index is 1.84. The summed E-state index contributed by atoms with van der Waals surface area (Å²) in [6.45, 7) is 4.39. The van der Waals surface area contributed by atoms with Gasteiger partial charge >= 0.3 is 0 Å². The van der Waals surface area contributed by atoms with Crippen molar-refractivity contribution in [2.24, 2.45) is 0 Å². The average Bonchev–Trinajstić information content (AvgIpc) is 3.07. The number of nitrogens with one attached hydrogen (secondary N) is 1. The molecular weight excluding hydrogens is 322 g/mol. The summed E-state index contributed by atoms with van der Waals surface area (Å²) in [5, 5.41) is 12.7. The average molecular weight is 339 g/mol. The second kappa shape index (κ2) is 7.94. The van der Waals surface area contributed by atoms with Gasteiger partial charge in [-0.2, -0.15) is 0 Å². The van der Waals surface area contributed by atoms with Crippen LogP contribution < -0.4 is 5.32 Å². The van der Waals surface area contributed by atoms with Crippen LogP contribution in [0.25, 0.3) is 0 Å². The molecule has 0 bridgehead atoms. The molecule has 2 aromatic carbocycles. The van der Waals surface area contributed by atoms with Crippen molar-refractivity contribution >= 4 is 28.2 Å². The van der Waals surface area contributed by atoms with Crippen LogP contribution >= 0.6 is 23.1 Å². The Hall–Kier alpha value is -2.11. The Morgan fingerprint density at radius 3 is 2.17 bits per heavy atom. The van der Waals surface area contributed by atoms with Gasteiger partial charge in [0, 0.05) is 6.54 Å². The number of aromatic nitrogens is 2. The van der Waals surface area contributed by atoms with Crippen LogP contribution in [0.3, 0.4) is 0 Å². The second-order valence-electron chi connectivity index (χ2n) is 4.86. The molecule has 0 amide bonds. The first-order valence-corrected chi connectivity index (χ1v) is 9.01. The molecule has 0 radical (unpaired) electrons. The van der Waals surface area contributed by atoms with E-state index >= 15 is 0 Å². The molecule has 0 saturated heterocycles. The number of anilines is 1. The van der Waals surface area contributed by atoms with Crippen LogP contribution in [0.2, 0.25) is 0 Å². The first kappa shape index (κ1) is 15.8. The highest BCUT2D eigenvalue weighted by molar-refractivity contribution is 8.01. The van der Waals surface area contributed by atoms with Crippen molar-refractivity contribution in [1.82, 2.24) is 10.2 Å². The van der Waals surface area contributed by atoms with E-state index in [4.69, 9.17) is 0 Å². The van der Waals surface area contributed by atoms with Crippen LogP contribution in [-0.4, -0.2) is 16.7 Å². The summed E-state index contributed by atoms with van der Waals surface area (Å²) < 4.78 is 0.953. The van der Waals surface area contributed by atoms with Crippen LogP contribution in [0.5, 0.6) is 0 Å². The predicted molar refractivity (Wildman–Crippen MR) is 99.2 cm³/mol. The highest BCUT2D eigenvalue weighted by atomic mass is 32.2. The number of benzene rings is 2. The molecule has 0 unspecified atom stereocenters. The molecule has 3 rings (SSSR count). The first-order chi connectivity index (χ1) is 11.4. The zero-order valence-electron chi connectivity index (χ0n) is 12.6. The third kappa shape index (κ3) is 4.21. The molecule has 1 N–H and O–H groups in total. The lowest BCUT2D eigenvalue weighted by Crippen LogP contribution is -1.96. The number of hydrogen-bond donors (Lipinski definition) is 1. The lowest BCUT2D eigenvalue weighted by molar-refractivity contribution is 1.00. The fourth-order valence-corrected chi connectivity index (χ4v) is 4.25. The Morgan fingerprint density at radius 2 is 1.61 bits per heavy atom. The molecular formula is C18H17N3S2. The monoisotopic (exact) mass is 339 g/mol. The minimum Gasteiger partial charge on any atom is -0.357 e. The lowest BCUT2D eigenvalue weighted by Gasteiger charge is -2.15. The highest BCUT2D eigenvalue weighted by Gasteiger charge is 2.18. The number of hydrogen-bond acceptors (Lipinski definition) is 5. The van der Waals surface area contributed by atoms with Crippen molar-refractivity contribution in [3.05, 3.63) is 84.4 Å². The predicted octanol–water partition coefficient (Wildman–Crippen LogP) is 5.02. The summed E-state index contributed by atoms with van der Waals surface area (Å²) in [5.74, 6) is 0. The van der Waals surface area contributed by atoms with Gasteiger partial charge in [0.1, 0.15) is 0 Å². The molecule has 0 atom stereocenters. The SMILES string of the molecule is C=CCNc1nnc(SC(c2ccccc2)c2ccccc2)s1. The summed E-state index contributed by atoms with van der Waals surface area (Å²) in [5.41, 5.74) is 2.53. The van der Waals surface area contributed by atoms with Crippen LogP contribution in [-0.2, 0) is 0 Å². The van der Waals surface area contributed by atoms with Gasteiger partial charge in [-0.25, -0.2) is 0 Å². The molecule has 23 heavy (non-hydrogen) atoms. The van der Waals surface area contributed by atoms with Gasteiger partial charge < -0.3 is 5.32 Å². The van der Waals surface area contributed by atoms with Crippen molar-refractivity contribution in [3.8, 4) is 0 Å². The largest absolute Gasteiger partial charge is 0.357 e. The van der Waals surface area contributed by atoms with Gasteiger partial charge in [0.25, 0.3) is 0 Å². The van der Waals surface area contributed by atoms with E-state index in [-0.39, 0.29) is 5.25 Å². The van der Waals surface area contributed by atoms with E-state index in [9.17, 15) is 0 Å². The van der Waals surface area contributed by atoms with E-state index in [1.807, 2.05) is 18.2 Å². The fraction of sp³-hybridized carbons (Fsp3) is 0.111. The van der Waals surface area contributed by atoms with Gasteiger partial charge in [-0.1, -0.05) is 89.8 Å². The van der Waals surface area contributed by atoms with Gasteiger partial charge in [-0.15, -0.1) is 16.8 Å². The number of rotatable bonds is 7. The van der Waals surface area contributed by atoms with E-state index < -0.39 is 0 Å². The maximum absolute atomic E-state index is 4.29. The van der Waals surface area contributed by atoms with Crippen molar-refractivity contribution in [2.45, 2.75) is 9.59 Å². The van der Waals surface area contributed by atoms with Crippen molar-refractivity contribution in [3.63, 3.8) is 0 Å². The normalized spacial score (nSPS) is 10.7. The Labute approximate surface area is 144 Å². The van der Waals surface area contributed by atoms with Crippen molar-refractivity contribution in [1.29, 1.82) is 0 Å². The van der Waals surface area contributed by atoms with E-state index in [2.05, 4.69) is 70.6 Å². The molecule has 0 spiro atoms. The zero-order chi connectivity index (χ0) is 15.9.